The van der Waals surface area contributed by atoms with Gasteiger partial charge in [-0.15, -0.1) is 0 Å². The van der Waals surface area contributed by atoms with Crippen LogP contribution in [0.4, 0.5) is 22.7 Å². The molecule has 11 rings (SSSR count). The van der Waals surface area contributed by atoms with Crippen molar-refractivity contribution in [2.75, 3.05) is 9.80 Å². The molecule has 2 aliphatic heterocycles. The Morgan fingerprint density at radius 1 is 0.431 bits per heavy atom. The molecule has 0 radical (unpaired) electrons. The van der Waals surface area contributed by atoms with Crippen LogP contribution in [0.1, 0.15) is 91.2 Å². The second-order valence-corrected chi connectivity index (χ2v) is 19.2. The van der Waals surface area contributed by atoms with E-state index in [2.05, 4.69) is 197 Å². The van der Waals surface area contributed by atoms with Gasteiger partial charge in [-0.2, -0.15) is 0 Å². The zero-order chi connectivity index (χ0) is 39.6. The Kier molecular flexibility index (Phi) is 7.76. The van der Waals surface area contributed by atoms with Gasteiger partial charge in [-0.3, -0.25) is 0 Å². The molecule has 0 saturated heterocycles. The molecule has 2 nitrogen and oxygen atoms in total. The molecule has 0 spiro atoms. The van der Waals surface area contributed by atoms with E-state index in [1.165, 1.54) is 116 Å². The average molecular weight is 757 g/mol. The van der Waals surface area contributed by atoms with Gasteiger partial charge >= 0.3 is 0 Å². The topological polar surface area (TPSA) is 6.48 Å². The summed E-state index contributed by atoms with van der Waals surface area (Å²) in [6.07, 6.45) is 7.45. The largest absolute Gasteiger partial charge is 0.334 e. The lowest BCUT2D eigenvalue weighted by Gasteiger charge is -2.54. The fourth-order valence-corrected chi connectivity index (χ4v) is 13.3. The number of benzene rings is 7. The van der Waals surface area contributed by atoms with Crippen LogP contribution in [0.5, 0.6) is 0 Å². The lowest BCUT2D eigenvalue weighted by molar-refractivity contribution is 0.130. The molecule has 290 valence electrons. The van der Waals surface area contributed by atoms with Crippen LogP contribution in [0, 0.1) is 11.8 Å². The van der Waals surface area contributed by atoms with Crippen molar-refractivity contribution in [3.05, 3.63) is 157 Å². The van der Waals surface area contributed by atoms with Gasteiger partial charge in [0.2, 0.25) is 0 Å². The second-order valence-electron chi connectivity index (χ2n) is 19.2. The van der Waals surface area contributed by atoms with Crippen LogP contribution < -0.4 is 9.80 Å². The van der Waals surface area contributed by atoms with E-state index in [-0.39, 0.29) is 21.9 Å². The molecule has 7 aromatic carbocycles. The van der Waals surface area contributed by atoms with Gasteiger partial charge in [-0.1, -0.05) is 138 Å². The van der Waals surface area contributed by atoms with Crippen molar-refractivity contribution in [1.29, 1.82) is 0 Å². The van der Waals surface area contributed by atoms with Crippen molar-refractivity contribution in [2.45, 2.75) is 102 Å². The minimum absolute atomic E-state index is 0.0198. The van der Waals surface area contributed by atoms with Crippen LogP contribution in [0.2, 0.25) is 0 Å². The van der Waals surface area contributed by atoms with Gasteiger partial charge in [0.05, 0.1) is 11.1 Å². The van der Waals surface area contributed by atoms with E-state index in [9.17, 15) is 0 Å². The molecule has 0 N–H and O–H groups in total. The maximum atomic E-state index is 2.71. The Bertz CT molecular complexity index is 2510. The third-order valence-electron chi connectivity index (χ3n) is 16.9. The highest BCUT2D eigenvalue weighted by atomic mass is 15.3. The average Bonchev–Trinajstić information content (AvgIpc) is 3.59. The highest BCUT2D eigenvalue weighted by Gasteiger charge is 2.62. The predicted octanol–water partition coefficient (Wildman–Crippen LogP) is 15.3. The Morgan fingerprint density at radius 2 is 0.776 bits per heavy atom. The van der Waals surface area contributed by atoms with Crippen LogP contribution in [0.25, 0.3) is 43.8 Å². The zero-order valence-electron chi connectivity index (χ0n) is 35.1. The number of anilines is 4. The molecule has 0 amide bonds. The smallest absolute Gasteiger partial charge is 0.0543 e. The Labute approximate surface area is 345 Å². The summed E-state index contributed by atoms with van der Waals surface area (Å²) in [5.74, 6) is 1.12. The van der Waals surface area contributed by atoms with Crippen LogP contribution in [0.3, 0.4) is 0 Å². The van der Waals surface area contributed by atoms with E-state index < -0.39 is 0 Å². The lowest BCUT2D eigenvalue weighted by Crippen LogP contribution is -2.59. The van der Waals surface area contributed by atoms with E-state index in [1.807, 2.05) is 0 Å². The third kappa shape index (κ3) is 4.50. The first-order valence-corrected chi connectivity index (χ1v) is 22.0. The summed E-state index contributed by atoms with van der Waals surface area (Å²) in [7, 11) is 0. The van der Waals surface area contributed by atoms with Crippen LogP contribution in [-0.4, -0.2) is 11.1 Å². The second kappa shape index (κ2) is 12.6. The van der Waals surface area contributed by atoms with E-state index in [0.717, 1.165) is 0 Å². The van der Waals surface area contributed by atoms with E-state index >= 15 is 0 Å². The molecule has 7 aromatic rings. The molecule has 2 saturated carbocycles. The van der Waals surface area contributed by atoms with Gasteiger partial charge in [-0.05, 0) is 155 Å². The Hall–Kier alpha value is -5.34. The maximum Gasteiger partial charge on any atom is 0.0543 e. The first kappa shape index (κ1) is 35.8. The summed E-state index contributed by atoms with van der Waals surface area (Å²) >= 11 is 0. The summed E-state index contributed by atoms with van der Waals surface area (Å²) in [6.45, 7) is 15.2. The van der Waals surface area contributed by atoms with Gasteiger partial charge in [0, 0.05) is 33.6 Å². The van der Waals surface area contributed by atoms with Gasteiger partial charge in [0.25, 0.3) is 0 Å². The molecular weight excluding hydrogens is 701 g/mol. The van der Waals surface area contributed by atoms with Gasteiger partial charge < -0.3 is 9.80 Å². The molecule has 2 heteroatoms. The van der Waals surface area contributed by atoms with E-state index in [1.54, 1.807) is 0 Å². The summed E-state index contributed by atoms with van der Waals surface area (Å²) < 4.78 is 0. The number of hydrogen-bond acceptors (Lipinski definition) is 2. The standard InChI is InChI=1S/C56H56N2/c1-37-19-17-33-53(3)47-35-39(29-31-49(47)57(55(37,53)5)41-21-9-7-10-22-41)51-43-25-13-15-27-45(43)52(46-28-16-14-26-44(46)51)40-30-32-50-48(36-40)54(4)34-18-20-38(2)56(54,6)58(50)42-23-11-8-12-24-42/h7-16,21-32,35-38H,17-20,33-34H2,1-6H3. The van der Waals surface area contributed by atoms with Crippen molar-refractivity contribution in [3.63, 3.8) is 0 Å². The van der Waals surface area contributed by atoms with Crippen LogP contribution in [-0.2, 0) is 10.8 Å². The van der Waals surface area contributed by atoms with Gasteiger partial charge in [0.1, 0.15) is 0 Å². The molecular formula is C56H56N2. The highest BCUT2D eigenvalue weighted by molar-refractivity contribution is 6.21. The predicted molar refractivity (Wildman–Crippen MR) is 247 cm³/mol. The Balaban J connectivity index is 1.13. The van der Waals surface area contributed by atoms with Crippen molar-refractivity contribution >= 4 is 44.3 Å². The van der Waals surface area contributed by atoms with Crippen LogP contribution >= 0.6 is 0 Å². The first-order chi connectivity index (χ1) is 28.1. The molecule has 0 bridgehead atoms. The molecule has 2 fully saturated rings. The monoisotopic (exact) mass is 756 g/mol. The number of para-hydroxylation sites is 2. The number of rotatable bonds is 4. The molecule has 6 unspecified atom stereocenters. The molecule has 2 heterocycles. The fraction of sp³-hybridized carbons (Fsp3) is 0.321. The van der Waals surface area contributed by atoms with Gasteiger partial charge in [-0.25, -0.2) is 0 Å². The zero-order valence-corrected chi connectivity index (χ0v) is 35.1. The molecule has 4 aliphatic rings. The van der Waals surface area contributed by atoms with Crippen molar-refractivity contribution in [1.82, 2.24) is 0 Å². The SMILES string of the molecule is CC1CCCC2(C)c3cc(-c4c5ccccc5c(-c5ccc6c(c5)C5(C)CCCC(C)C5(C)N6c5ccccc5)c5ccccc45)ccc3N(c3ccccc3)C12C. The molecule has 2 aliphatic carbocycles. The number of nitrogens with zero attached hydrogens (tertiary/aromatic N) is 2. The molecule has 58 heavy (non-hydrogen) atoms. The first-order valence-electron chi connectivity index (χ1n) is 22.0. The summed E-state index contributed by atoms with van der Waals surface area (Å²) in [5.41, 5.74) is 13.7. The quantitative estimate of drug-likeness (QED) is 0.165. The number of hydrogen-bond donors (Lipinski definition) is 0. The van der Waals surface area contributed by atoms with Crippen molar-refractivity contribution in [3.8, 4) is 22.3 Å². The van der Waals surface area contributed by atoms with Crippen LogP contribution in [0.15, 0.2) is 146 Å². The number of fused-ring (bicyclic) bond motifs is 8. The maximum absolute atomic E-state index is 2.71. The van der Waals surface area contributed by atoms with Gasteiger partial charge in [0.15, 0.2) is 0 Å². The fourth-order valence-electron chi connectivity index (χ4n) is 13.3. The highest BCUT2D eigenvalue weighted by Crippen LogP contribution is 2.65. The summed E-state index contributed by atoms with van der Waals surface area (Å²) in [4.78, 5) is 5.42. The van der Waals surface area contributed by atoms with Crippen molar-refractivity contribution < 1.29 is 0 Å². The minimum Gasteiger partial charge on any atom is -0.334 e. The normalized spacial score (nSPS) is 28.7. The lowest BCUT2D eigenvalue weighted by atomic mass is 9.57. The summed E-state index contributed by atoms with van der Waals surface area (Å²) in [6, 6.07) is 55.8. The van der Waals surface area contributed by atoms with E-state index in [0.29, 0.717) is 11.8 Å². The van der Waals surface area contributed by atoms with Crippen molar-refractivity contribution in [2.24, 2.45) is 11.8 Å². The molecule has 0 aromatic heterocycles. The third-order valence-corrected chi connectivity index (χ3v) is 16.9. The Morgan fingerprint density at radius 3 is 1.14 bits per heavy atom. The molecule has 6 atom stereocenters. The summed E-state index contributed by atoms with van der Waals surface area (Å²) in [5, 5.41) is 5.31. The minimum atomic E-state index is -0.0198. The van der Waals surface area contributed by atoms with E-state index in [4.69, 9.17) is 0 Å².